The van der Waals surface area contributed by atoms with Gasteiger partial charge in [0.25, 0.3) is 5.91 Å². The third-order valence-corrected chi connectivity index (χ3v) is 3.35. The molecule has 0 aliphatic heterocycles. The van der Waals surface area contributed by atoms with Gasteiger partial charge in [0.05, 0.1) is 5.92 Å². The van der Waals surface area contributed by atoms with Crippen LogP contribution >= 0.6 is 0 Å². The van der Waals surface area contributed by atoms with Crippen molar-refractivity contribution in [2.75, 3.05) is 6.54 Å². The van der Waals surface area contributed by atoms with E-state index >= 15 is 0 Å². The number of benzene rings is 1. The van der Waals surface area contributed by atoms with Crippen molar-refractivity contribution in [3.05, 3.63) is 35.4 Å². The number of carbonyl (C=O) groups excluding carboxylic acids is 1. The van der Waals surface area contributed by atoms with Crippen molar-refractivity contribution in [3.63, 3.8) is 0 Å². The third-order valence-electron chi connectivity index (χ3n) is 3.35. The molecule has 2 atom stereocenters. The van der Waals surface area contributed by atoms with Gasteiger partial charge in [-0.05, 0) is 25.5 Å². The fraction of sp³-hybridized carbons (Fsp3) is 0.400. The number of amides is 1. The molecule has 0 saturated carbocycles. The summed E-state index contributed by atoms with van der Waals surface area (Å²) in [6, 6.07) is 5.71. The highest BCUT2D eigenvalue weighted by molar-refractivity contribution is 5.98. The summed E-state index contributed by atoms with van der Waals surface area (Å²) in [6.45, 7) is 4.40. The lowest BCUT2D eigenvalue weighted by Gasteiger charge is -2.28. The van der Waals surface area contributed by atoms with Crippen molar-refractivity contribution in [2.24, 2.45) is 5.92 Å². The normalized spacial score (nSPS) is 13.3. The Balaban J connectivity index is 3.12. The van der Waals surface area contributed by atoms with Crippen LogP contribution in [-0.2, 0) is 9.59 Å². The minimum absolute atomic E-state index is 0.157. The quantitative estimate of drug-likeness (QED) is 0.831. The van der Waals surface area contributed by atoms with Crippen LogP contribution in [0.25, 0.3) is 0 Å². The average Bonchev–Trinajstić information content (AvgIpc) is 2.43. The van der Waals surface area contributed by atoms with Gasteiger partial charge >= 0.3 is 11.9 Å². The van der Waals surface area contributed by atoms with Crippen LogP contribution in [-0.4, -0.2) is 45.5 Å². The van der Waals surface area contributed by atoms with Gasteiger partial charge in [0.15, 0.2) is 0 Å². The molecule has 6 heteroatoms. The maximum absolute atomic E-state index is 12.5. The molecule has 1 amide bonds. The number of carboxylic acid groups (broad SMARTS) is 2. The molecule has 0 fully saturated rings. The van der Waals surface area contributed by atoms with E-state index < -0.39 is 29.8 Å². The summed E-state index contributed by atoms with van der Waals surface area (Å²) >= 11 is 0. The first-order valence-corrected chi connectivity index (χ1v) is 6.58. The molecule has 0 saturated heterocycles. The van der Waals surface area contributed by atoms with Gasteiger partial charge < -0.3 is 15.1 Å². The number of carbonyl (C=O) groups is 3. The van der Waals surface area contributed by atoms with Crippen molar-refractivity contribution in [3.8, 4) is 0 Å². The number of aryl methyl sites for hydroxylation is 1. The van der Waals surface area contributed by atoms with Crippen molar-refractivity contribution in [1.82, 2.24) is 4.90 Å². The first kappa shape index (κ1) is 16.7. The van der Waals surface area contributed by atoms with Gasteiger partial charge in [-0.3, -0.25) is 9.59 Å². The molecule has 0 aliphatic carbocycles. The maximum Gasteiger partial charge on any atom is 0.326 e. The molecule has 1 aromatic rings. The Kier molecular flexibility index (Phi) is 5.46. The van der Waals surface area contributed by atoms with Gasteiger partial charge in [-0.1, -0.05) is 25.1 Å². The van der Waals surface area contributed by atoms with E-state index in [1.807, 2.05) is 0 Å². The number of carboxylic acids is 2. The smallest absolute Gasteiger partial charge is 0.326 e. The van der Waals surface area contributed by atoms with Gasteiger partial charge in [0.2, 0.25) is 0 Å². The van der Waals surface area contributed by atoms with Gasteiger partial charge in [0.1, 0.15) is 6.04 Å². The number of hydrogen-bond acceptors (Lipinski definition) is 3. The Morgan fingerprint density at radius 3 is 2.14 bits per heavy atom. The van der Waals surface area contributed by atoms with Crippen LogP contribution in [0.15, 0.2) is 24.3 Å². The summed E-state index contributed by atoms with van der Waals surface area (Å²) in [5.41, 5.74) is 1.09. The number of rotatable bonds is 6. The summed E-state index contributed by atoms with van der Waals surface area (Å²) in [5.74, 6) is -3.57. The zero-order valence-corrected chi connectivity index (χ0v) is 12.2. The number of nitrogens with zero attached hydrogens (tertiary/aromatic N) is 1. The Labute approximate surface area is 123 Å². The van der Waals surface area contributed by atoms with Crippen molar-refractivity contribution in [2.45, 2.75) is 26.8 Å². The third kappa shape index (κ3) is 4.05. The van der Waals surface area contributed by atoms with Crippen LogP contribution in [0.1, 0.15) is 29.8 Å². The van der Waals surface area contributed by atoms with Crippen LogP contribution in [0.5, 0.6) is 0 Å². The SMILES string of the molecule is Cc1ccccc1C(=O)N(CC(C)C(=O)O)C(C)C(=O)O. The Bertz CT molecular complexity index is 555. The van der Waals surface area contributed by atoms with E-state index in [1.165, 1.54) is 13.8 Å². The highest BCUT2D eigenvalue weighted by Crippen LogP contribution is 2.15. The first-order chi connectivity index (χ1) is 9.75. The predicted molar refractivity (Wildman–Crippen MR) is 76.1 cm³/mol. The van der Waals surface area contributed by atoms with E-state index in [1.54, 1.807) is 31.2 Å². The average molecular weight is 293 g/mol. The summed E-state index contributed by atoms with van der Waals surface area (Å²) in [4.78, 5) is 35.8. The largest absolute Gasteiger partial charge is 0.481 e. The first-order valence-electron chi connectivity index (χ1n) is 6.58. The monoisotopic (exact) mass is 293 g/mol. The highest BCUT2D eigenvalue weighted by atomic mass is 16.4. The van der Waals surface area contributed by atoms with Gasteiger partial charge in [0, 0.05) is 12.1 Å². The second kappa shape index (κ2) is 6.88. The van der Waals surface area contributed by atoms with E-state index in [-0.39, 0.29) is 6.54 Å². The lowest BCUT2D eigenvalue weighted by atomic mass is 10.0. The molecule has 114 valence electrons. The van der Waals surface area contributed by atoms with Crippen molar-refractivity contribution in [1.29, 1.82) is 0 Å². The summed E-state index contributed by atoms with van der Waals surface area (Å²) in [7, 11) is 0. The molecular weight excluding hydrogens is 274 g/mol. The molecular formula is C15H19NO5. The number of hydrogen-bond donors (Lipinski definition) is 2. The van der Waals surface area contributed by atoms with Crippen LogP contribution in [0.2, 0.25) is 0 Å². The second-order valence-corrected chi connectivity index (χ2v) is 5.03. The molecule has 6 nitrogen and oxygen atoms in total. The molecule has 0 bridgehead atoms. The zero-order chi connectivity index (χ0) is 16.2. The molecule has 0 radical (unpaired) electrons. The van der Waals surface area contributed by atoms with Crippen LogP contribution in [0.4, 0.5) is 0 Å². The second-order valence-electron chi connectivity index (χ2n) is 5.03. The van der Waals surface area contributed by atoms with E-state index in [0.29, 0.717) is 11.1 Å². The minimum atomic E-state index is -1.17. The fourth-order valence-electron chi connectivity index (χ4n) is 1.89. The molecule has 21 heavy (non-hydrogen) atoms. The zero-order valence-electron chi connectivity index (χ0n) is 12.2. The van der Waals surface area contributed by atoms with E-state index in [2.05, 4.69) is 0 Å². The molecule has 0 aliphatic rings. The molecule has 2 unspecified atom stereocenters. The van der Waals surface area contributed by atoms with Gasteiger partial charge in [-0.2, -0.15) is 0 Å². The summed E-state index contributed by atoms with van der Waals surface area (Å²) in [6.07, 6.45) is 0. The summed E-state index contributed by atoms with van der Waals surface area (Å²) in [5, 5.41) is 18.1. The molecule has 1 rings (SSSR count). The Hall–Kier alpha value is -2.37. The van der Waals surface area contributed by atoms with Gasteiger partial charge in [-0.25, -0.2) is 4.79 Å². The lowest BCUT2D eigenvalue weighted by molar-refractivity contribution is -0.145. The number of aliphatic carboxylic acids is 2. The molecule has 0 aromatic heterocycles. The lowest BCUT2D eigenvalue weighted by Crippen LogP contribution is -2.46. The van der Waals surface area contributed by atoms with E-state index in [9.17, 15) is 14.4 Å². The van der Waals surface area contributed by atoms with Crippen LogP contribution in [0, 0.1) is 12.8 Å². The topological polar surface area (TPSA) is 94.9 Å². The van der Waals surface area contributed by atoms with E-state index in [4.69, 9.17) is 10.2 Å². The molecule has 0 heterocycles. The molecule has 1 aromatic carbocycles. The Morgan fingerprint density at radius 2 is 1.67 bits per heavy atom. The highest BCUT2D eigenvalue weighted by Gasteiger charge is 2.30. The van der Waals surface area contributed by atoms with Crippen molar-refractivity contribution < 1.29 is 24.6 Å². The van der Waals surface area contributed by atoms with Crippen LogP contribution < -0.4 is 0 Å². The maximum atomic E-state index is 12.5. The van der Waals surface area contributed by atoms with E-state index in [0.717, 1.165) is 4.90 Å². The van der Waals surface area contributed by atoms with Gasteiger partial charge in [-0.15, -0.1) is 0 Å². The predicted octanol–water partition coefficient (Wildman–Crippen LogP) is 1.63. The van der Waals surface area contributed by atoms with Crippen molar-refractivity contribution >= 4 is 17.8 Å². The summed E-state index contributed by atoms with van der Waals surface area (Å²) < 4.78 is 0. The molecule has 0 spiro atoms. The fourth-order valence-corrected chi connectivity index (χ4v) is 1.89. The Morgan fingerprint density at radius 1 is 1.10 bits per heavy atom. The minimum Gasteiger partial charge on any atom is -0.481 e. The molecule has 2 N–H and O–H groups in total. The standard InChI is InChI=1S/C15H19NO5/c1-9-6-4-5-7-12(9)13(17)16(11(3)15(20)21)8-10(2)14(18)19/h4-7,10-11H,8H2,1-3H3,(H,18,19)(H,20,21). The van der Waals surface area contributed by atoms with Crippen LogP contribution in [0.3, 0.4) is 0 Å².